The van der Waals surface area contributed by atoms with Crippen molar-refractivity contribution in [3.8, 4) is 0 Å². The largest absolute Gasteiger partial charge is 0.481 e. The van der Waals surface area contributed by atoms with E-state index in [0.717, 1.165) is 12.1 Å². The second-order valence-electron chi connectivity index (χ2n) is 5.99. The number of benzene rings is 1. The number of rotatable bonds is 5. The molecule has 1 amide bonds. The normalized spacial score (nSPS) is 23.5. The number of aliphatic carboxylic acids is 1. The van der Waals surface area contributed by atoms with E-state index in [1.807, 2.05) is 0 Å². The van der Waals surface area contributed by atoms with Gasteiger partial charge in [0.1, 0.15) is 0 Å². The molecule has 3 atom stereocenters. The first-order valence-corrected chi connectivity index (χ1v) is 7.50. The summed E-state index contributed by atoms with van der Waals surface area (Å²) in [6.07, 6.45) is -4.26. The van der Waals surface area contributed by atoms with E-state index in [1.165, 1.54) is 18.2 Å². The lowest BCUT2D eigenvalue weighted by atomic mass is 9.92. The van der Waals surface area contributed by atoms with Crippen molar-refractivity contribution in [1.29, 1.82) is 0 Å². The Morgan fingerprint density at radius 1 is 1.12 bits per heavy atom. The number of halogens is 3. The van der Waals surface area contributed by atoms with Crippen molar-refractivity contribution in [3.05, 3.63) is 35.9 Å². The van der Waals surface area contributed by atoms with Gasteiger partial charge in [-0.25, -0.2) is 0 Å². The maximum atomic E-state index is 13.3. The zero-order chi connectivity index (χ0) is 18.0. The van der Waals surface area contributed by atoms with Crippen LogP contribution in [0.25, 0.3) is 0 Å². The summed E-state index contributed by atoms with van der Waals surface area (Å²) in [6.45, 7) is -1.02. The Morgan fingerprint density at radius 2 is 1.71 bits per heavy atom. The van der Waals surface area contributed by atoms with Gasteiger partial charge in [-0.05, 0) is 24.8 Å². The quantitative estimate of drug-likeness (QED) is 0.762. The zero-order valence-electron chi connectivity index (χ0n) is 12.7. The van der Waals surface area contributed by atoms with Crippen molar-refractivity contribution < 1.29 is 33.0 Å². The van der Waals surface area contributed by atoms with Crippen molar-refractivity contribution >= 4 is 11.9 Å². The molecule has 1 aliphatic rings. The van der Waals surface area contributed by atoms with Crippen LogP contribution in [0.4, 0.5) is 13.2 Å². The molecule has 0 spiro atoms. The number of carbonyl (C=O) groups is 2. The van der Waals surface area contributed by atoms with Crippen LogP contribution in [-0.4, -0.2) is 34.8 Å². The van der Waals surface area contributed by atoms with Crippen molar-refractivity contribution in [1.82, 2.24) is 5.32 Å². The Balaban J connectivity index is 2.07. The number of aliphatic hydroxyl groups is 1. The number of hydrogen-bond acceptors (Lipinski definition) is 3. The van der Waals surface area contributed by atoms with E-state index in [4.69, 9.17) is 5.11 Å². The zero-order valence-corrected chi connectivity index (χ0v) is 12.7. The highest BCUT2D eigenvalue weighted by molar-refractivity contribution is 5.80. The molecule has 1 unspecified atom stereocenters. The number of carboxylic acids is 1. The minimum atomic E-state index is -4.97. The predicted molar refractivity (Wildman–Crippen MR) is 77.9 cm³/mol. The van der Waals surface area contributed by atoms with Crippen LogP contribution in [0.3, 0.4) is 0 Å². The van der Waals surface area contributed by atoms with Gasteiger partial charge in [-0.15, -0.1) is 0 Å². The van der Waals surface area contributed by atoms with E-state index in [1.54, 1.807) is 0 Å². The molecular formula is C16H18F3NO4. The molecule has 1 aliphatic carbocycles. The first-order chi connectivity index (χ1) is 11.1. The molecule has 0 aliphatic heterocycles. The summed E-state index contributed by atoms with van der Waals surface area (Å²) in [5.74, 6) is -2.99. The van der Waals surface area contributed by atoms with Crippen LogP contribution in [0.1, 0.15) is 24.8 Å². The minimum absolute atomic E-state index is 0.0942. The summed E-state index contributed by atoms with van der Waals surface area (Å²) >= 11 is 0. The number of hydrogen-bond donors (Lipinski definition) is 3. The van der Waals surface area contributed by atoms with E-state index in [-0.39, 0.29) is 12.0 Å². The first-order valence-electron chi connectivity index (χ1n) is 7.50. The molecule has 5 nitrogen and oxygen atoms in total. The summed E-state index contributed by atoms with van der Waals surface area (Å²) in [4.78, 5) is 22.9. The maximum absolute atomic E-state index is 13.3. The lowest BCUT2D eigenvalue weighted by Crippen LogP contribution is -2.51. The number of carbonyl (C=O) groups excluding carboxylic acids is 1. The molecule has 1 fully saturated rings. The Hall–Kier alpha value is -2.09. The molecule has 0 aromatic heterocycles. The van der Waals surface area contributed by atoms with Gasteiger partial charge in [0.25, 0.3) is 0 Å². The van der Waals surface area contributed by atoms with Crippen LogP contribution in [0.2, 0.25) is 0 Å². The molecule has 0 radical (unpaired) electrons. The van der Waals surface area contributed by atoms with E-state index in [2.05, 4.69) is 5.32 Å². The van der Waals surface area contributed by atoms with Crippen LogP contribution < -0.4 is 5.32 Å². The molecule has 24 heavy (non-hydrogen) atoms. The predicted octanol–water partition coefficient (Wildman–Crippen LogP) is 2.05. The fourth-order valence-corrected chi connectivity index (χ4v) is 2.88. The van der Waals surface area contributed by atoms with E-state index in [0.29, 0.717) is 12.8 Å². The van der Waals surface area contributed by atoms with Crippen LogP contribution in [0.5, 0.6) is 0 Å². The molecule has 2 rings (SSSR count). The topological polar surface area (TPSA) is 86.6 Å². The average molecular weight is 345 g/mol. The second-order valence-corrected chi connectivity index (χ2v) is 5.99. The third-order valence-electron chi connectivity index (χ3n) is 4.39. The molecule has 0 bridgehead atoms. The number of nitrogens with one attached hydrogen (secondary N) is 1. The fourth-order valence-electron chi connectivity index (χ4n) is 2.88. The van der Waals surface area contributed by atoms with Gasteiger partial charge in [-0.2, -0.15) is 13.2 Å². The minimum Gasteiger partial charge on any atom is -0.481 e. The van der Waals surface area contributed by atoms with Crippen LogP contribution >= 0.6 is 0 Å². The number of amides is 1. The van der Waals surface area contributed by atoms with Gasteiger partial charge in [-0.3, -0.25) is 9.59 Å². The molecule has 1 aromatic carbocycles. The average Bonchev–Trinajstić information content (AvgIpc) is 3.02. The maximum Gasteiger partial charge on any atom is 0.423 e. The van der Waals surface area contributed by atoms with Crippen LogP contribution in [0.15, 0.2) is 30.3 Å². The molecule has 0 heterocycles. The fraction of sp³-hybridized carbons (Fsp3) is 0.500. The molecule has 8 heteroatoms. The Kier molecular flexibility index (Phi) is 5.17. The van der Waals surface area contributed by atoms with Gasteiger partial charge in [0, 0.05) is 5.92 Å². The highest BCUT2D eigenvalue weighted by atomic mass is 19.4. The van der Waals surface area contributed by atoms with E-state index >= 15 is 0 Å². The monoisotopic (exact) mass is 345 g/mol. The number of alkyl halides is 3. The molecule has 0 saturated heterocycles. The van der Waals surface area contributed by atoms with Gasteiger partial charge in [0.15, 0.2) is 0 Å². The van der Waals surface area contributed by atoms with Crippen LogP contribution in [0, 0.1) is 11.8 Å². The third kappa shape index (κ3) is 3.69. The van der Waals surface area contributed by atoms with Crippen LogP contribution in [-0.2, 0) is 15.2 Å². The number of carboxylic acid groups (broad SMARTS) is 1. The molecule has 1 saturated carbocycles. The summed E-state index contributed by atoms with van der Waals surface area (Å²) in [5.41, 5.74) is -3.57. The van der Waals surface area contributed by atoms with Crippen molar-refractivity contribution in [2.24, 2.45) is 11.8 Å². The Bertz CT molecular complexity index is 605. The van der Waals surface area contributed by atoms with Gasteiger partial charge >= 0.3 is 12.1 Å². The SMILES string of the molecule is O=C(O)[C@@H]1CC[C@H](C(=O)NCC(O)(c2ccccc2)C(F)(F)F)C1. The molecular weight excluding hydrogens is 327 g/mol. The standard InChI is InChI=1S/C16H18F3NO4/c17-16(18,19)15(24,12-4-2-1-3-5-12)9-20-13(21)10-6-7-11(8-10)14(22)23/h1-5,10-11,24H,6-9H2,(H,20,21)(H,22,23)/t10-,11+,15?/m0/s1. The summed E-state index contributed by atoms with van der Waals surface area (Å²) in [7, 11) is 0. The summed E-state index contributed by atoms with van der Waals surface area (Å²) < 4.78 is 39.9. The highest BCUT2D eigenvalue weighted by Crippen LogP contribution is 2.38. The molecule has 132 valence electrons. The van der Waals surface area contributed by atoms with Gasteiger partial charge < -0.3 is 15.5 Å². The second kappa shape index (κ2) is 6.80. The summed E-state index contributed by atoms with van der Waals surface area (Å²) in [5, 5.41) is 21.2. The molecule has 1 aromatic rings. The lowest BCUT2D eigenvalue weighted by Gasteiger charge is -2.31. The van der Waals surface area contributed by atoms with Gasteiger partial charge in [0.05, 0.1) is 12.5 Å². The van der Waals surface area contributed by atoms with E-state index in [9.17, 15) is 27.9 Å². The van der Waals surface area contributed by atoms with E-state index < -0.39 is 42.0 Å². The van der Waals surface area contributed by atoms with Crippen molar-refractivity contribution in [2.75, 3.05) is 6.54 Å². The summed E-state index contributed by atoms with van der Waals surface area (Å²) in [6, 6.07) is 6.51. The van der Waals surface area contributed by atoms with Crippen molar-refractivity contribution in [3.63, 3.8) is 0 Å². The highest BCUT2D eigenvalue weighted by Gasteiger charge is 2.55. The lowest BCUT2D eigenvalue weighted by molar-refractivity contribution is -0.264. The Morgan fingerprint density at radius 3 is 2.21 bits per heavy atom. The van der Waals surface area contributed by atoms with Crippen molar-refractivity contribution in [2.45, 2.75) is 31.0 Å². The first kappa shape index (κ1) is 18.3. The smallest absolute Gasteiger partial charge is 0.423 e. The third-order valence-corrected chi connectivity index (χ3v) is 4.39. The molecule has 3 N–H and O–H groups in total. The van der Waals surface area contributed by atoms with Gasteiger partial charge in [0.2, 0.25) is 11.5 Å². The van der Waals surface area contributed by atoms with Gasteiger partial charge in [-0.1, -0.05) is 30.3 Å². The Labute approximate surface area is 136 Å².